The standard InChI is InChI=1S/C14H15F3N2O3/c1-22-11(20)13(6-7-13)19-12(21)18-10-5-3-2-4-9(10)8-14(15,16)17/h2-5H,6-8H2,1H3,(H2,18,19,21). The minimum atomic E-state index is -4.38. The van der Waals surface area contributed by atoms with Gasteiger partial charge in [0.15, 0.2) is 0 Å². The summed E-state index contributed by atoms with van der Waals surface area (Å²) >= 11 is 0. The third-order valence-electron chi connectivity index (χ3n) is 3.34. The molecule has 2 amide bonds. The van der Waals surface area contributed by atoms with Crippen molar-refractivity contribution in [3.63, 3.8) is 0 Å². The number of amides is 2. The summed E-state index contributed by atoms with van der Waals surface area (Å²) in [5.74, 6) is -0.564. The second-order valence-electron chi connectivity index (χ2n) is 5.10. The van der Waals surface area contributed by atoms with Gasteiger partial charge in [0.05, 0.1) is 13.5 Å². The molecular weight excluding hydrogens is 301 g/mol. The molecule has 0 unspecified atom stereocenters. The molecule has 0 bridgehead atoms. The number of ether oxygens (including phenoxy) is 1. The average molecular weight is 316 g/mol. The zero-order chi connectivity index (χ0) is 16.4. The van der Waals surface area contributed by atoms with E-state index in [2.05, 4.69) is 15.4 Å². The Morgan fingerprint density at radius 3 is 2.45 bits per heavy atom. The monoisotopic (exact) mass is 316 g/mol. The second kappa shape index (κ2) is 5.86. The molecule has 22 heavy (non-hydrogen) atoms. The van der Waals surface area contributed by atoms with Crippen LogP contribution in [0, 0.1) is 0 Å². The van der Waals surface area contributed by atoms with E-state index < -0.39 is 30.1 Å². The highest BCUT2D eigenvalue weighted by molar-refractivity contribution is 5.96. The van der Waals surface area contributed by atoms with E-state index in [1.165, 1.54) is 31.4 Å². The van der Waals surface area contributed by atoms with Crippen LogP contribution in [-0.2, 0) is 16.0 Å². The number of esters is 1. The van der Waals surface area contributed by atoms with Crippen LogP contribution in [0.1, 0.15) is 18.4 Å². The van der Waals surface area contributed by atoms with Crippen molar-refractivity contribution in [1.82, 2.24) is 5.32 Å². The Balaban J connectivity index is 2.05. The molecule has 1 aromatic carbocycles. The van der Waals surface area contributed by atoms with E-state index in [1.807, 2.05) is 0 Å². The van der Waals surface area contributed by atoms with E-state index >= 15 is 0 Å². The molecule has 2 rings (SSSR count). The highest BCUT2D eigenvalue weighted by Gasteiger charge is 2.52. The van der Waals surface area contributed by atoms with Gasteiger partial charge < -0.3 is 15.4 Å². The average Bonchev–Trinajstić information content (AvgIpc) is 3.19. The number of carbonyl (C=O) groups excluding carboxylic acids is 2. The van der Waals surface area contributed by atoms with Crippen molar-refractivity contribution in [2.45, 2.75) is 31.0 Å². The lowest BCUT2D eigenvalue weighted by molar-refractivity contribution is -0.144. The van der Waals surface area contributed by atoms with Crippen LogP contribution in [0.4, 0.5) is 23.7 Å². The Labute approximate surface area is 124 Å². The van der Waals surface area contributed by atoms with E-state index in [4.69, 9.17) is 0 Å². The number of rotatable bonds is 4. The van der Waals surface area contributed by atoms with Gasteiger partial charge in [0.1, 0.15) is 5.54 Å². The summed E-state index contributed by atoms with van der Waals surface area (Å²) in [5.41, 5.74) is -1.05. The highest BCUT2D eigenvalue weighted by atomic mass is 19.4. The molecule has 120 valence electrons. The summed E-state index contributed by atoms with van der Waals surface area (Å²) in [5, 5.41) is 4.80. The zero-order valence-corrected chi connectivity index (χ0v) is 11.8. The maximum absolute atomic E-state index is 12.5. The van der Waals surface area contributed by atoms with E-state index in [-0.39, 0.29) is 11.3 Å². The van der Waals surface area contributed by atoms with Crippen molar-refractivity contribution in [3.05, 3.63) is 29.8 Å². The van der Waals surface area contributed by atoms with Gasteiger partial charge in [0, 0.05) is 5.69 Å². The number of nitrogens with one attached hydrogen (secondary N) is 2. The Hall–Kier alpha value is -2.25. The third kappa shape index (κ3) is 3.90. The van der Waals surface area contributed by atoms with Gasteiger partial charge in [0.2, 0.25) is 0 Å². The van der Waals surface area contributed by atoms with Crippen LogP contribution in [0.5, 0.6) is 0 Å². The molecule has 0 spiro atoms. The molecule has 0 radical (unpaired) electrons. The minimum Gasteiger partial charge on any atom is -0.467 e. The van der Waals surface area contributed by atoms with Crippen molar-refractivity contribution < 1.29 is 27.5 Å². The highest BCUT2D eigenvalue weighted by Crippen LogP contribution is 2.36. The first kappa shape index (κ1) is 16.1. The normalized spacial score (nSPS) is 15.8. The summed E-state index contributed by atoms with van der Waals surface area (Å²) < 4.78 is 42.1. The smallest absolute Gasteiger partial charge is 0.393 e. The number of anilines is 1. The first-order valence-corrected chi connectivity index (χ1v) is 6.58. The first-order chi connectivity index (χ1) is 10.3. The van der Waals surface area contributed by atoms with Gasteiger partial charge in [-0.05, 0) is 24.5 Å². The molecule has 1 saturated carbocycles. The van der Waals surface area contributed by atoms with Gasteiger partial charge in [-0.3, -0.25) is 0 Å². The van der Waals surface area contributed by atoms with Crippen LogP contribution in [0.25, 0.3) is 0 Å². The molecule has 0 atom stereocenters. The van der Waals surface area contributed by atoms with Gasteiger partial charge in [-0.1, -0.05) is 18.2 Å². The number of hydrogen-bond acceptors (Lipinski definition) is 3. The SMILES string of the molecule is COC(=O)C1(NC(=O)Nc2ccccc2CC(F)(F)F)CC1. The number of benzene rings is 1. The predicted molar refractivity (Wildman–Crippen MR) is 72.3 cm³/mol. The molecule has 0 aromatic heterocycles. The van der Waals surface area contributed by atoms with Crippen LogP contribution in [0.15, 0.2) is 24.3 Å². The van der Waals surface area contributed by atoms with Gasteiger partial charge in [-0.2, -0.15) is 13.2 Å². The lowest BCUT2D eigenvalue weighted by atomic mass is 10.1. The van der Waals surface area contributed by atoms with Gasteiger partial charge in [-0.25, -0.2) is 9.59 Å². The quantitative estimate of drug-likeness (QED) is 0.839. The predicted octanol–water partition coefficient (Wildman–Crippen LogP) is 2.62. The molecule has 1 aromatic rings. The Morgan fingerprint density at radius 1 is 1.27 bits per heavy atom. The number of hydrogen-bond donors (Lipinski definition) is 2. The molecular formula is C14H15F3N2O3. The molecule has 0 saturated heterocycles. The van der Waals surface area contributed by atoms with E-state index in [0.29, 0.717) is 12.8 Å². The number of para-hydroxylation sites is 1. The molecule has 1 fully saturated rings. The van der Waals surface area contributed by atoms with Crippen LogP contribution in [0.3, 0.4) is 0 Å². The van der Waals surface area contributed by atoms with Crippen LogP contribution in [-0.4, -0.2) is 30.8 Å². The summed E-state index contributed by atoms with van der Waals surface area (Å²) in [4.78, 5) is 23.4. The van der Waals surface area contributed by atoms with Crippen LogP contribution < -0.4 is 10.6 Å². The van der Waals surface area contributed by atoms with E-state index in [9.17, 15) is 22.8 Å². The Morgan fingerprint density at radius 2 is 1.91 bits per heavy atom. The fourth-order valence-electron chi connectivity index (χ4n) is 2.08. The summed E-state index contributed by atoms with van der Waals surface area (Å²) in [7, 11) is 1.21. The lowest BCUT2D eigenvalue weighted by Crippen LogP contribution is -2.45. The maximum atomic E-state index is 12.5. The van der Waals surface area contributed by atoms with Gasteiger partial charge in [-0.15, -0.1) is 0 Å². The van der Waals surface area contributed by atoms with Gasteiger partial charge in [0.25, 0.3) is 0 Å². The van der Waals surface area contributed by atoms with Crippen LogP contribution >= 0.6 is 0 Å². The number of alkyl halides is 3. The first-order valence-electron chi connectivity index (χ1n) is 6.58. The summed E-state index contributed by atoms with van der Waals surface area (Å²) in [6.45, 7) is 0. The molecule has 5 nitrogen and oxygen atoms in total. The van der Waals surface area contributed by atoms with E-state index in [0.717, 1.165) is 0 Å². The van der Waals surface area contributed by atoms with Crippen molar-refractivity contribution in [1.29, 1.82) is 0 Å². The molecule has 1 aliphatic carbocycles. The molecule has 0 heterocycles. The Bertz CT molecular complexity index is 583. The van der Waals surface area contributed by atoms with Crippen molar-refractivity contribution in [2.75, 3.05) is 12.4 Å². The van der Waals surface area contributed by atoms with Crippen LogP contribution in [0.2, 0.25) is 0 Å². The number of methoxy groups -OCH3 is 1. The fraction of sp³-hybridized carbons (Fsp3) is 0.429. The molecule has 1 aliphatic rings. The lowest BCUT2D eigenvalue weighted by Gasteiger charge is -2.17. The number of urea groups is 1. The van der Waals surface area contributed by atoms with Crippen molar-refractivity contribution >= 4 is 17.7 Å². The zero-order valence-electron chi connectivity index (χ0n) is 11.8. The molecule has 8 heteroatoms. The fourth-order valence-corrected chi connectivity index (χ4v) is 2.08. The van der Waals surface area contributed by atoms with Crippen molar-refractivity contribution in [3.8, 4) is 0 Å². The molecule has 2 N–H and O–H groups in total. The van der Waals surface area contributed by atoms with Crippen molar-refractivity contribution in [2.24, 2.45) is 0 Å². The minimum absolute atomic E-state index is 0.0481. The van der Waals surface area contributed by atoms with Gasteiger partial charge >= 0.3 is 18.2 Å². The third-order valence-corrected chi connectivity index (χ3v) is 3.34. The molecule has 0 aliphatic heterocycles. The Kier molecular flexibility index (Phi) is 4.30. The maximum Gasteiger partial charge on any atom is 0.393 e. The summed E-state index contributed by atoms with van der Waals surface area (Å²) in [6, 6.07) is 4.90. The largest absolute Gasteiger partial charge is 0.467 e. The topological polar surface area (TPSA) is 67.4 Å². The second-order valence-corrected chi connectivity index (χ2v) is 5.10. The number of carbonyl (C=O) groups is 2. The summed E-state index contributed by atoms with van der Waals surface area (Å²) in [6.07, 6.45) is -4.64. The van der Waals surface area contributed by atoms with E-state index in [1.54, 1.807) is 0 Å². The number of halogens is 3.